The van der Waals surface area contributed by atoms with Crippen molar-refractivity contribution in [1.29, 1.82) is 0 Å². The van der Waals surface area contributed by atoms with Crippen LogP contribution in [0.1, 0.15) is 49.2 Å². The molecular formula is C25H30N4O2. The van der Waals surface area contributed by atoms with Gasteiger partial charge in [0.25, 0.3) is 0 Å². The van der Waals surface area contributed by atoms with Gasteiger partial charge in [0.15, 0.2) is 5.65 Å². The number of aryl methyl sites for hydroxylation is 2. The molecule has 6 heteroatoms. The Morgan fingerprint density at radius 2 is 2.10 bits per heavy atom. The van der Waals surface area contributed by atoms with Crippen LogP contribution in [0.15, 0.2) is 18.2 Å². The SMILES string of the molecule is CC#CCN(CCCC)c1c2c(nc3c(-c4ccc(OC)cc4C)c(C)nn13)COC2. The van der Waals surface area contributed by atoms with Crippen molar-refractivity contribution in [1.82, 2.24) is 14.6 Å². The summed E-state index contributed by atoms with van der Waals surface area (Å²) in [7, 11) is 1.69. The lowest BCUT2D eigenvalue weighted by Gasteiger charge is -2.25. The van der Waals surface area contributed by atoms with Crippen molar-refractivity contribution in [3.63, 3.8) is 0 Å². The van der Waals surface area contributed by atoms with Gasteiger partial charge in [-0.1, -0.05) is 25.3 Å². The molecule has 0 amide bonds. The Bertz CT molecular complexity index is 1170. The van der Waals surface area contributed by atoms with Crippen LogP contribution < -0.4 is 9.64 Å². The standard InChI is InChI=1S/C25H30N4O2/c1-6-8-12-28(13-9-7-2)25-21-15-31-16-22(21)26-24-23(18(4)27-29(24)25)20-11-10-19(30-5)14-17(20)3/h10-11,14H,6,8,12-13,15-16H2,1-5H3. The molecule has 6 nitrogen and oxygen atoms in total. The van der Waals surface area contributed by atoms with Crippen molar-refractivity contribution < 1.29 is 9.47 Å². The number of benzene rings is 1. The summed E-state index contributed by atoms with van der Waals surface area (Å²) >= 11 is 0. The van der Waals surface area contributed by atoms with E-state index in [9.17, 15) is 0 Å². The molecule has 0 saturated heterocycles. The van der Waals surface area contributed by atoms with Crippen LogP contribution in [0.2, 0.25) is 0 Å². The van der Waals surface area contributed by atoms with E-state index >= 15 is 0 Å². The number of methoxy groups -OCH3 is 1. The summed E-state index contributed by atoms with van der Waals surface area (Å²) in [5.74, 6) is 8.20. The minimum Gasteiger partial charge on any atom is -0.497 e. The summed E-state index contributed by atoms with van der Waals surface area (Å²) in [6.07, 6.45) is 2.22. The number of nitrogens with zero attached hydrogens (tertiary/aromatic N) is 4. The van der Waals surface area contributed by atoms with Gasteiger partial charge in [0.1, 0.15) is 11.6 Å². The predicted molar refractivity (Wildman–Crippen MR) is 124 cm³/mol. The van der Waals surface area contributed by atoms with Gasteiger partial charge < -0.3 is 14.4 Å². The van der Waals surface area contributed by atoms with Gasteiger partial charge in [0.05, 0.1) is 38.3 Å². The molecule has 0 spiro atoms. The molecule has 1 aromatic carbocycles. The molecule has 2 aromatic heterocycles. The zero-order valence-corrected chi connectivity index (χ0v) is 19.1. The first-order valence-corrected chi connectivity index (χ1v) is 10.9. The number of anilines is 1. The van der Waals surface area contributed by atoms with Gasteiger partial charge in [0, 0.05) is 17.7 Å². The highest BCUT2D eigenvalue weighted by Gasteiger charge is 2.27. The smallest absolute Gasteiger partial charge is 0.165 e. The summed E-state index contributed by atoms with van der Waals surface area (Å²) in [4.78, 5) is 7.35. The third-order valence-electron chi connectivity index (χ3n) is 5.81. The molecule has 0 bridgehead atoms. The maximum Gasteiger partial charge on any atom is 0.165 e. The Labute approximate surface area is 184 Å². The number of fused-ring (bicyclic) bond motifs is 2. The second-order valence-corrected chi connectivity index (χ2v) is 7.93. The van der Waals surface area contributed by atoms with Crippen molar-refractivity contribution in [3.05, 3.63) is 40.7 Å². The lowest BCUT2D eigenvalue weighted by Crippen LogP contribution is -2.29. The Kier molecular flexibility index (Phi) is 6.15. The van der Waals surface area contributed by atoms with Gasteiger partial charge in [-0.05, 0) is 50.5 Å². The average Bonchev–Trinajstić information content (AvgIpc) is 3.36. The van der Waals surface area contributed by atoms with Crippen LogP contribution in [0, 0.1) is 25.7 Å². The van der Waals surface area contributed by atoms with E-state index in [4.69, 9.17) is 19.6 Å². The number of hydrogen-bond donors (Lipinski definition) is 0. The fourth-order valence-corrected chi connectivity index (χ4v) is 4.20. The van der Waals surface area contributed by atoms with Crippen LogP contribution in [0.3, 0.4) is 0 Å². The second kappa shape index (κ2) is 8.99. The van der Waals surface area contributed by atoms with E-state index in [1.165, 1.54) is 0 Å². The third kappa shape index (κ3) is 3.86. The van der Waals surface area contributed by atoms with E-state index in [0.29, 0.717) is 19.8 Å². The molecule has 0 aliphatic carbocycles. The van der Waals surface area contributed by atoms with Gasteiger partial charge >= 0.3 is 0 Å². The first kappa shape index (κ1) is 21.2. The molecule has 4 rings (SSSR count). The Morgan fingerprint density at radius 1 is 1.26 bits per heavy atom. The summed E-state index contributed by atoms with van der Waals surface area (Å²) in [6, 6.07) is 6.15. The second-order valence-electron chi connectivity index (χ2n) is 7.93. The number of unbranched alkanes of at least 4 members (excludes halogenated alkanes) is 1. The van der Waals surface area contributed by atoms with Crippen LogP contribution in [-0.4, -0.2) is 34.8 Å². The molecule has 0 radical (unpaired) electrons. The summed E-state index contributed by atoms with van der Waals surface area (Å²) < 4.78 is 13.2. The molecule has 0 saturated carbocycles. The van der Waals surface area contributed by atoms with E-state index in [0.717, 1.165) is 70.2 Å². The summed E-state index contributed by atoms with van der Waals surface area (Å²) in [5.41, 5.74) is 7.28. The largest absolute Gasteiger partial charge is 0.497 e. The molecule has 3 heterocycles. The quantitative estimate of drug-likeness (QED) is 0.522. The monoisotopic (exact) mass is 418 g/mol. The Hall–Kier alpha value is -3.04. The Morgan fingerprint density at radius 3 is 2.81 bits per heavy atom. The zero-order chi connectivity index (χ0) is 22.0. The highest BCUT2D eigenvalue weighted by atomic mass is 16.5. The first-order valence-electron chi connectivity index (χ1n) is 10.9. The molecule has 3 aromatic rings. The van der Waals surface area contributed by atoms with Crippen LogP contribution >= 0.6 is 0 Å². The third-order valence-corrected chi connectivity index (χ3v) is 5.81. The van der Waals surface area contributed by atoms with Gasteiger partial charge in [-0.25, -0.2) is 4.98 Å². The predicted octanol–water partition coefficient (Wildman–Crippen LogP) is 4.68. The number of hydrogen-bond acceptors (Lipinski definition) is 5. The van der Waals surface area contributed by atoms with E-state index < -0.39 is 0 Å². The molecule has 0 N–H and O–H groups in total. The fraction of sp³-hybridized carbons (Fsp3) is 0.440. The molecule has 0 atom stereocenters. The van der Waals surface area contributed by atoms with Gasteiger partial charge in [-0.15, -0.1) is 5.92 Å². The number of ether oxygens (including phenoxy) is 2. The van der Waals surface area contributed by atoms with Crippen LogP contribution in [0.25, 0.3) is 16.8 Å². The molecule has 1 aliphatic rings. The van der Waals surface area contributed by atoms with E-state index in [1.807, 2.05) is 17.5 Å². The fourth-order valence-electron chi connectivity index (χ4n) is 4.20. The van der Waals surface area contributed by atoms with E-state index in [2.05, 4.69) is 49.6 Å². The van der Waals surface area contributed by atoms with Crippen LogP contribution in [0.5, 0.6) is 5.75 Å². The minimum atomic E-state index is 0.533. The lowest BCUT2D eigenvalue weighted by molar-refractivity contribution is 0.133. The minimum absolute atomic E-state index is 0.533. The Balaban J connectivity index is 1.95. The normalized spacial score (nSPS) is 12.5. The highest BCUT2D eigenvalue weighted by Crippen LogP contribution is 2.37. The van der Waals surface area contributed by atoms with Gasteiger partial charge in [-0.2, -0.15) is 9.61 Å². The summed E-state index contributed by atoms with van der Waals surface area (Å²) in [6.45, 7) is 10.9. The van der Waals surface area contributed by atoms with Crippen molar-refractivity contribution in [3.8, 4) is 28.7 Å². The van der Waals surface area contributed by atoms with Crippen molar-refractivity contribution in [2.45, 2.75) is 53.8 Å². The molecular weight excluding hydrogens is 388 g/mol. The average molecular weight is 419 g/mol. The van der Waals surface area contributed by atoms with Gasteiger partial charge in [0.2, 0.25) is 0 Å². The van der Waals surface area contributed by atoms with Crippen molar-refractivity contribution in [2.75, 3.05) is 25.1 Å². The van der Waals surface area contributed by atoms with Gasteiger partial charge in [-0.3, -0.25) is 0 Å². The van der Waals surface area contributed by atoms with Crippen LogP contribution in [0.4, 0.5) is 5.82 Å². The maximum absolute atomic E-state index is 5.80. The molecule has 0 unspecified atom stereocenters. The van der Waals surface area contributed by atoms with Crippen molar-refractivity contribution in [2.24, 2.45) is 0 Å². The highest BCUT2D eigenvalue weighted by molar-refractivity contribution is 5.83. The van der Waals surface area contributed by atoms with E-state index in [1.54, 1.807) is 7.11 Å². The van der Waals surface area contributed by atoms with E-state index in [-0.39, 0.29) is 0 Å². The molecule has 0 fully saturated rings. The molecule has 31 heavy (non-hydrogen) atoms. The van der Waals surface area contributed by atoms with Crippen LogP contribution in [-0.2, 0) is 18.0 Å². The maximum atomic E-state index is 5.80. The lowest BCUT2D eigenvalue weighted by atomic mass is 10.0. The summed E-state index contributed by atoms with van der Waals surface area (Å²) in [5, 5.41) is 4.97. The number of aromatic nitrogens is 3. The zero-order valence-electron chi connectivity index (χ0n) is 19.1. The number of rotatable bonds is 7. The van der Waals surface area contributed by atoms with Crippen molar-refractivity contribution >= 4 is 11.5 Å². The first-order chi connectivity index (χ1) is 15.1. The molecule has 162 valence electrons. The topological polar surface area (TPSA) is 51.9 Å². The molecule has 1 aliphatic heterocycles.